The van der Waals surface area contributed by atoms with Crippen LogP contribution in [0, 0.1) is 0 Å². The van der Waals surface area contributed by atoms with Gasteiger partial charge in [0.2, 0.25) is 0 Å². The van der Waals surface area contributed by atoms with Crippen molar-refractivity contribution in [2.24, 2.45) is 0 Å². The third-order valence-electron chi connectivity index (χ3n) is 5.24. The first-order valence-electron chi connectivity index (χ1n) is 7.37. The zero-order valence-electron chi connectivity index (χ0n) is 13.7. The van der Waals surface area contributed by atoms with Gasteiger partial charge in [0.15, 0.2) is 0 Å². The molecule has 0 heterocycles. The second-order valence-corrected chi connectivity index (χ2v) is 52.5. The van der Waals surface area contributed by atoms with Crippen molar-refractivity contribution in [2.75, 3.05) is 13.2 Å². The summed E-state index contributed by atoms with van der Waals surface area (Å²) in [4.78, 5) is 0. The van der Waals surface area contributed by atoms with Crippen molar-refractivity contribution in [3.05, 3.63) is 22.1 Å². The van der Waals surface area contributed by atoms with Crippen LogP contribution in [0.25, 0.3) is 0 Å². The third-order valence-corrected chi connectivity index (χ3v) is 19.8. The fourth-order valence-corrected chi connectivity index (χ4v) is 15.2. The van der Waals surface area contributed by atoms with E-state index in [1.54, 1.807) is 0 Å². The SMILES string of the molecule is CC[O][Ti]([CH3])([CH3])([CH3])([CH3])([CH3])([CH3])([O]CC)[C]1=CC=CC1. The van der Waals surface area contributed by atoms with Crippen LogP contribution in [-0.4, -0.2) is 13.2 Å². The summed E-state index contributed by atoms with van der Waals surface area (Å²) in [5.41, 5.74) is 0. The molecule has 1 aliphatic carbocycles. The van der Waals surface area contributed by atoms with Crippen LogP contribution in [0.4, 0.5) is 0 Å². The monoisotopic (exact) mass is 293 g/mol. The Bertz CT molecular complexity index is 503. The molecule has 1 rings (SSSR count). The van der Waals surface area contributed by atoms with Gasteiger partial charge in [0.05, 0.1) is 0 Å². The van der Waals surface area contributed by atoms with Crippen molar-refractivity contribution in [2.45, 2.75) is 51.6 Å². The molecular weight excluding hydrogens is 260 g/mol. The number of allylic oxidation sites excluding steroid dienone is 4. The molecule has 0 bridgehead atoms. The fourth-order valence-electron chi connectivity index (χ4n) is 3.93. The molecule has 0 aromatic carbocycles. The summed E-state index contributed by atoms with van der Waals surface area (Å²) in [7, 11) is -5.51. The van der Waals surface area contributed by atoms with E-state index in [0.29, 0.717) is 13.2 Å². The zero-order chi connectivity index (χ0) is 14.6. The zero-order valence-corrected chi connectivity index (χ0v) is 15.2. The van der Waals surface area contributed by atoms with Gasteiger partial charge in [0.1, 0.15) is 0 Å². The molecule has 0 aromatic heterocycles. The fraction of sp³-hybridized carbons (Fsp3) is 0.733. The van der Waals surface area contributed by atoms with Crippen LogP contribution in [-0.2, 0) is 17.6 Å². The Morgan fingerprint density at radius 3 is 1.67 bits per heavy atom. The van der Waals surface area contributed by atoms with E-state index in [-0.39, 0.29) is 0 Å². The molecule has 0 N–H and O–H groups in total. The average Bonchev–Trinajstić information content (AvgIpc) is 2.52. The van der Waals surface area contributed by atoms with Crippen molar-refractivity contribution in [1.29, 1.82) is 0 Å². The minimum atomic E-state index is -5.51. The van der Waals surface area contributed by atoms with Gasteiger partial charge >= 0.3 is 105 Å². The Kier molecular flexibility index (Phi) is 1.80. The summed E-state index contributed by atoms with van der Waals surface area (Å²) in [6.45, 7) is 5.37. The van der Waals surface area contributed by atoms with Crippen molar-refractivity contribution >= 4 is 0 Å². The van der Waals surface area contributed by atoms with Crippen LogP contribution in [0.2, 0.25) is 31.4 Å². The van der Waals surface area contributed by atoms with Crippen molar-refractivity contribution < 1.29 is 17.6 Å². The first kappa shape index (κ1) is 16.2. The van der Waals surface area contributed by atoms with Crippen LogP contribution in [0.3, 0.4) is 0 Å². The molecule has 2 nitrogen and oxygen atoms in total. The summed E-state index contributed by atoms with van der Waals surface area (Å²) in [5, 5.41) is 13.5. The summed E-state index contributed by atoms with van der Waals surface area (Å²) in [6.07, 6.45) is 7.38. The Balaban J connectivity index is 3.99. The van der Waals surface area contributed by atoms with Crippen LogP contribution < -0.4 is 0 Å². The summed E-state index contributed by atoms with van der Waals surface area (Å²) in [5.74, 6) is 0. The minimum absolute atomic E-state index is 0.632. The Morgan fingerprint density at radius 2 is 1.39 bits per heavy atom. The van der Waals surface area contributed by atoms with E-state index in [1.807, 2.05) is 0 Å². The van der Waals surface area contributed by atoms with E-state index in [9.17, 15) is 0 Å². The number of hydrogen-bond donors (Lipinski definition) is 0. The second kappa shape index (κ2) is 2.00. The molecule has 0 saturated heterocycles. The van der Waals surface area contributed by atoms with Crippen molar-refractivity contribution in [1.82, 2.24) is 0 Å². The Morgan fingerprint density at radius 1 is 0.944 bits per heavy atom. The molecule has 18 heavy (non-hydrogen) atoms. The summed E-state index contributed by atoms with van der Waals surface area (Å²) >= 11 is 0. The van der Waals surface area contributed by atoms with Crippen LogP contribution in [0.15, 0.2) is 22.1 Å². The second-order valence-electron chi connectivity index (χ2n) is 13.9. The molecule has 0 saturated carbocycles. The van der Waals surface area contributed by atoms with Gasteiger partial charge in [0, 0.05) is 0 Å². The molecule has 0 amide bonds. The van der Waals surface area contributed by atoms with E-state index in [2.05, 4.69) is 63.4 Å². The van der Waals surface area contributed by atoms with Crippen LogP contribution in [0.1, 0.15) is 20.3 Å². The van der Waals surface area contributed by atoms with Gasteiger partial charge in [0.25, 0.3) is 0 Å². The van der Waals surface area contributed by atoms with Crippen LogP contribution >= 0.6 is 0 Å². The topological polar surface area (TPSA) is 18.5 Å². The maximum absolute atomic E-state index is 6.71. The molecular formula is C15H33O2Ti. The third kappa shape index (κ3) is 2.18. The number of rotatable bonds is 5. The van der Waals surface area contributed by atoms with E-state index in [4.69, 9.17) is 6.64 Å². The molecule has 0 fully saturated rings. The normalized spacial score (nSPS) is 28.0. The van der Waals surface area contributed by atoms with Gasteiger partial charge in [-0.25, -0.2) is 0 Å². The standard InChI is InChI=1S/C5H5.2C2H5O.6CH3.Ti/c1-2-4-5-3-1;2*1-2-3;;;;;;;/h1-3H,4H2;2*2H2,1H3;6*1H3;/q;2*-1;;;;;;;+2. The molecule has 0 spiro atoms. The Hall–Kier alpha value is 0.114. The van der Waals surface area contributed by atoms with E-state index >= 15 is 0 Å². The quantitative estimate of drug-likeness (QED) is 0.591. The van der Waals surface area contributed by atoms with E-state index < -0.39 is 11.0 Å². The van der Waals surface area contributed by atoms with E-state index in [1.165, 1.54) is 3.88 Å². The van der Waals surface area contributed by atoms with Gasteiger partial charge in [-0.1, -0.05) is 0 Å². The van der Waals surface area contributed by atoms with Crippen molar-refractivity contribution in [3.63, 3.8) is 0 Å². The molecule has 109 valence electrons. The number of hydrogen-bond acceptors (Lipinski definition) is 2. The molecule has 3 heteroatoms. The van der Waals surface area contributed by atoms with E-state index in [0.717, 1.165) is 6.42 Å². The van der Waals surface area contributed by atoms with Gasteiger partial charge < -0.3 is 0 Å². The molecule has 0 radical (unpaired) electrons. The molecule has 0 aromatic rings. The van der Waals surface area contributed by atoms with Crippen molar-refractivity contribution in [3.8, 4) is 0 Å². The van der Waals surface area contributed by atoms with Gasteiger partial charge in [-0.15, -0.1) is 0 Å². The predicted molar refractivity (Wildman–Crippen MR) is 80.3 cm³/mol. The molecule has 1 aliphatic rings. The first-order valence-corrected chi connectivity index (χ1v) is 18.8. The van der Waals surface area contributed by atoms with Gasteiger partial charge in [-0.3, -0.25) is 0 Å². The average molecular weight is 293 g/mol. The van der Waals surface area contributed by atoms with Gasteiger partial charge in [-0.2, -0.15) is 0 Å². The summed E-state index contributed by atoms with van der Waals surface area (Å²) in [6, 6.07) is 0. The first-order chi connectivity index (χ1) is 7.39. The Labute approximate surface area is 104 Å². The van der Waals surface area contributed by atoms with Gasteiger partial charge in [-0.05, 0) is 0 Å². The summed E-state index contributed by atoms with van der Waals surface area (Å²) < 4.78 is 14.7. The predicted octanol–water partition coefficient (Wildman–Crippen LogP) is 5.85. The maximum atomic E-state index is 6.71. The molecule has 0 aliphatic heterocycles. The molecule has 0 atom stereocenters. The molecule has 0 unspecified atom stereocenters. The van der Waals surface area contributed by atoms with Crippen LogP contribution in [0.5, 0.6) is 0 Å².